The summed E-state index contributed by atoms with van der Waals surface area (Å²) in [5.41, 5.74) is 4.95. The molecule has 3 nitrogen and oxygen atoms in total. The van der Waals surface area contributed by atoms with E-state index >= 15 is 0 Å². The number of fused-ring (bicyclic) bond motifs is 3. The van der Waals surface area contributed by atoms with Gasteiger partial charge >= 0.3 is 0 Å². The van der Waals surface area contributed by atoms with Gasteiger partial charge in [-0.2, -0.15) is 0 Å². The molecule has 122 valence electrons. The van der Waals surface area contributed by atoms with Gasteiger partial charge in [-0.05, 0) is 73.2 Å². The van der Waals surface area contributed by atoms with Gasteiger partial charge in [-0.3, -0.25) is 4.79 Å². The first-order valence-electron chi connectivity index (χ1n) is 8.30. The predicted molar refractivity (Wildman–Crippen MR) is 93.8 cm³/mol. The minimum atomic E-state index is -0.317. The molecule has 1 atom stereocenters. The number of carbonyl (C=O) groups is 1. The van der Waals surface area contributed by atoms with Crippen molar-refractivity contribution in [3.05, 3.63) is 65.1 Å². The SMILES string of the molecule is C[C@H]1CCc2[nH]c3ccc(C(=O)Nc4ccc(F)cc4)cc3c2C1. The summed E-state index contributed by atoms with van der Waals surface area (Å²) in [4.78, 5) is 16.0. The quantitative estimate of drug-likeness (QED) is 0.706. The Morgan fingerprint density at radius 2 is 2.00 bits per heavy atom. The average molecular weight is 322 g/mol. The first kappa shape index (κ1) is 14.9. The van der Waals surface area contributed by atoms with E-state index in [4.69, 9.17) is 0 Å². The first-order valence-corrected chi connectivity index (χ1v) is 8.30. The molecule has 0 saturated heterocycles. The number of anilines is 1. The third-order valence-corrected chi connectivity index (χ3v) is 4.80. The zero-order valence-corrected chi connectivity index (χ0v) is 13.5. The van der Waals surface area contributed by atoms with Crippen LogP contribution in [0.4, 0.5) is 10.1 Å². The monoisotopic (exact) mass is 322 g/mol. The summed E-state index contributed by atoms with van der Waals surface area (Å²) in [5.74, 6) is 0.179. The van der Waals surface area contributed by atoms with E-state index in [2.05, 4.69) is 17.2 Å². The summed E-state index contributed by atoms with van der Waals surface area (Å²) in [5, 5.41) is 3.96. The van der Waals surface area contributed by atoms with Crippen LogP contribution in [0, 0.1) is 11.7 Å². The highest BCUT2D eigenvalue weighted by Crippen LogP contribution is 2.32. The number of carbonyl (C=O) groups excluding carboxylic acids is 1. The lowest BCUT2D eigenvalue weighted by Gasteiger charge is -2.18. The molecule has 1 aliphatic rings. The number of nitrogens with one attached hydrogen (secondary N) is 2. The third kappa shape index (κ3) is 2.68. The Hall–Kier alpha value is -2.62. The van der Waals surface area contributed by atoms with E-state index in [9.17, 15) is 9.18 Å². The van der Waals surface area contributed by atoms with E-state index in [0.29, 0.717) is 17.2 Å². The summed E-state index contributed by atoms with van der Waals surface area (Å²) in [6.07, 6.45) is 3.33. The van der Waals surface area contributed by atoms with Gasteiger partial charge in [0.05, 0.1) is 0 Å². The number of H-pyrrole nitrogens is 1. The maximum atomic E-state index is 13.0. The minimum absolute atomic E-state index is 0.178. The van der Waals surface area contributed by atoms with Gasteiger partial charge in [-0.25, -0.2) is 4.39 Å². The highest BCUT2D eigenvalue weighted by atomic mass is 19.1. The second-order valence-electron chi connectivity index (χ2n) is 6.65. The van der Waals surface area contributed by atoms with Crippen LogP contribution in [0.25, 0.3) is 10.9 Å². The highest BCUT2D eigenvalue weighted by molar-refractivity contribution is 6.06. The number of aryl methyl sites for hydroxylation is 1. The van der Waals surface area contributed by atoms with Gasteiger partial charge in [0, 0.05) is 27.8 Å². The molecule has 1 aromatic heterocycles. The van der Waals surface area contributed by atoms with Gasteiger partial charge in [0.1, 0.15) is 5.82 Å². The van der Waals surface area contributed by atoms with Crippen molar-refractivity contribution in [3.63, 3.8) is 0 Å². The van der Waals surface area contributed by atoms with Crippen molar-refractivity contribution in [2.24, 2.45) is 5.92 Å². The molecular weight excluding hydrogens is 303 g/mol. The maximum Gasteiger partial charge on any atom is 0.255 e. The summed E-state index contributed by atoms with van der Waals surface area (Å²) in [6.45, 7) is 2.27. The number of rotatable bonds is 2. The molecule has 0 fully saturated rings. The molecule has 0 aliphatic heterocycles. The minimum Gasteiger partial charge on any atom is -0.358 e. The number of aromatic amines is 1. The lowest BCUT2D eigenvalue weighted by molar-refractivity contribution is 0.102. The molecule has 0 unspecified atom stereocenters. The summed E-state index contributed by atoms with van der Waals surface area (Å²) < 4.78 is 13.0. The molecule has 2 N–H and O–H groups in total. The fourth-order valence-electron chi connectivity index (χ4n) is 3.47. The van der Waals surface area contributed by atoms with Gasteiger partial charge in [-0.15, -0.1) is 0 Å². The van der Waals surface area contributed by atoms with Gasteiger partial charge in [0.25, 0.3) is 5.91 Å². The van der Waals surface area contributed by atoms with Crippen LogP contribution < -0.4 is 5.32 Å². The standard InChI is InChI=1S/C20H19FN2O/c1-12-2-8-18-16(10-12)17-11-13(3-9-19(17)23-18)20(24)22-15-6-4-14(21)5-7-15/h3-7,9,11-12,23H,2,8,10H2,1H3,(H,22,24)/t12-/m0/s1. The van der Waals surface area contributed by atoms with E-state index in [1.807, 2.05) is 18.2 Å². The Morgan fingerprint density at radius 1 is 1.21 bits per heavy atom. The molecule has 0 saturated carbocycles. The molecule has 1 aliphatic carbocycles. The van der Waals surface area contributed by atoms with Gasteiger partial charge < -0.3 is 10.3 Å². The predicted octanol–water partition coefficient (Wildman–Crippen LogP) is 4.68. The summed E-state index contributed by atoms with van der Waals surface area (Å²) >= 11 is 0. The van der Waals surface area contributed by atoms with E-state index < -0.39 is 0 Å². The maximum absolute atomic E-state index is 13.0. The van der Waals surface area contributed by atoms with Crippen molar-refractivity contribution in [2.45, 2.75) is 26.2 Å². The van der Waals surface area contributed by atoms with Crippen LogP contribution in [0.1, 0.15) is 35.0 Å². The van der Waals surface area contributed by atoms with Crippen LogP contribution in [0.2, 0.25) is 0 Å². The largest absolute Gasteiger partial charge is 0.358 e. The van der Waals surface area contributed by atoms with Gasteiger partial charge in [0.2, 0.25) is 0 Å². The van der Waals surface area contributed by atoms with E-state index in [-0.39, 0.29) is 11.7 Å². The molecule has 4 rings (SSSR count). The van der Waals surface area contributed by atoms with Gasteiger partial charge in [-0.1, -0.05) is 6.92 Å². The fourth-order valence-corrected chi connectivity index (χ4v) is 3.47. The zero-order valence-electron chi connectivity index (χ0n) is 13.5. The van der Waals surface area contributed by atoms with Crippen LogP contribution in [-0.2, 0) is 12.8 Å². The Labute approximate surface area is 139 Å². The van der Waals surface area contributed by atoms with Crippen molar-refractivity contribution in [1.82, 2.24) is 4.98 Å². The van der Waals surface area contributed by atoms with Crippen molar-refractivity contribution >= 4 is 22.5 Å². The topological polar surface area (TPSA) is 44.9 Å². The van der Waals surface area contributed by atoms with E-state index in [1.165, 1.54) is 29.8 Å². The lowest BCUT2D eigenvalue weighted by Crippen LogP contribution is -2.12. The molecule has 1 amide bonds. The Morgan fingerprint density at radius 3 is 2.79 bits per heavy atom. The Bertz CT molecular complexity index is 911. The number of aromatic nitrogens is 1. The smallest absolute Gasteiger partial charge is 0.255 e. The van der Waals surface area contributed by atoms with Crippen LogP contribution in [0.5, 0.6) is 0 Å². The van der Waals surface area contributed by atoms with Crippen LogP contribution in [0.15, 0.2) is 42.5 Å². The van der Waals surface area contributed by atoms with Gasteiger partial charge in [0.15, 0.2) is 0 Å². The van der Waals surface area contributed by atoms with Crippen molar-refractivity contribution in [1.29, 1.82) is 0 Å². The molecule has 1 heterocycles. The molecule has 4 heteroatoms. The highest BCUT2D eigenvalue weighted by Gasteiger charge is 2.20. The number of hydrogen-bond acceptors (Lipinski definition) is 1. The molecular formula is C20H19FN2O. The molecule has 2 aromatic carbocycles. The number of halogens is 1. The van der Waals surface area contributed by atoms with Crippen LogP contribution >= 0.6 is 0 Å². The van der Waals surface area contributed by atoms with E-state index in [1.54, 1.807) is 12.1 Å². The van der Waals surface area contributed by atoms with Crippen LogP contribution in [0.3, 0.4) is 0 Å². The Kier molecular flexibility index (Phi) is 3.60. The molecule has 0 radical (unpaired) electrons. The zero-order chi connectivity index (χ0) is 16.7. The summed E-state index contributed by atoms with van der Waals surface area (Å²) in [7, 11) is 0. The first-order chi connectivity index (χ1) is 11.6. The van der Waals surface area contributed by atoms with Crippen molar-refractivity contribution in [2.75, 3.05) is 5.32 Å². The van der Waals surface area contributed by atoms with Crippen molar-refractivity contribution in [3.8, 4) is 0 Å². The van der Waals surface area contributed by atoms with Crippen LogP contribution in [-0.4, -0.2) is 10.9 Å². The third-order valence-electron chi connectivity index (χ3n) is 4.80. The van der Waals surface area contributed by atoms with E-state index in [0.717, 1.165) is 23.7 Å². The number of amides is 1. The normalized spacial score (nSPS) is 16.8. The molecule has 0 bridgehead atoms. The number of benzene rings is 2. The average Bonchev–Trinajstić information content (AvgIpc) is 2.94. The number of hydrogen-bond donors (Lipinski definition) is 2. The summed E-state index contributed by atoms with van der Waals surface area (Å²) in [6, 6.07) is 11.6. The molecule has 24 heavy (non-hydrogen) atoms. The Balaban J connectivity index is 1.65. The van der Waals surface area contributed by atoms with Crippen molar-refractivity contribution < 1.29 is 9.18 Å². The second-order valence-corrected chi connectivity index (χ2v) is 6.65. The fraction of sp³-hybridized carbons (Fsp3) is 0.250. The second kappa shape index (κ2) is 5.78. The molecule has 0 spiro atoms. The molecule has 3 aromatic rings. The lowest BCUT2D eigenvalue weighted by atomic mass is 9.87.